The van der Waals surface area contributed by atoms with Gasteiger partial charge in [-0.05, 0) is 31.9 Å². The van der Waals surface area contributed by atoms with E-state index < -0.39 is 0 Å². The maximum Gasteiger partial charge on any atom is 0.246 e. The molecule has 0 radical (unpaired) electrons. The van der Waals surface area contributed by atoms with Crippen LogP contribution in [0.25, 0.3) is 0 Å². The maximum atomic E-state index is 12.2. The van der Waals surface area contributed by atoms with Crippen LogP contribution in [-0.4, -0.2) is 25.5 Å². The standard InChI is InChI=1S/C12H18N2O2/c1-9-5-6-14(11-4-3-7-16-11)12(15)10(8-9)13-2/h3-4,7,9-10,13H,5-6,8H2,1-2H3. The molecule has 1 aliphatic heterocycles. The van der Waals surface area contributed by atoms with Crippen LogP contribution in [0.4, 0.5) is 5.88 Å². The SMILES string of the molecule is CNC1CC(C)CCN(c2ccco2)C1=O. The van der Waals surface area contributed by atoms with Crippen molar-refractivity contribution in [2.24, 2.45) is 5.92 Å². The van der Waals surface area contributed by atoms with Gasteiger partial charge in [0.05, 0.1) is 12.3 Å². The number of rotatable bonds is 2. The van der Waals surface area contributed by atoms with Crippen molar-refractivity contribution >= 4 is 11.8 Å². The Balaban J connectivity index is 2.21. The average Bonchev–Trinajstić information content (AvgIpc) is 2.75. The van der Waals surface area contributed by atoms with Crippen LogP contribution in [0.5, 0.6) is 0 Å². The van der Waals surface area contributed by atoms with E-state index in [1.165, 1.54) is 0 Å². The molecule has 2 heterocycles. The molecule has 1 amide bonds. The minimum absolute atomic E-state index is 0.0948. The normalized spacial score (nSPS) is 26.9. The Morgan fingerprint density at radius 1 is 1.56 bits per heavy atom. The van der Waals surface area contributed by atoms with E-state index in [9.17, 15) is 4.79 Å². The fourth-order valence-electron chi connectivity index (χ4n) is 2.15. The molecule has 2 atom stereocenters. The van der Waals surface area contributed by atoms with E-state index in [0.717, 1.165) is 19.4 Å². The molecule has 88 valence electrons. The molecule has 2 unspecified atom stereocenters. The van der Waals surface area contributed by atoms with Crippen LogP contribution in [0, 0.1) is 5.92 Å². The van der Waals surface area contributed by atoms with Crippen molar-refractivity contribution in [3.05, 3.63) is 18.4 Å². The highest BCUT2D eigenvalue weighted by Crippen LogP contribution is 2.23. The number of carbonyl (C=O) groups excluding carboxylic acids is 1. The first-order chi connectivity index (χ1) is 7.72. The third-order valence-corrected chi connectivity index (χ3v) is 3.17. The van der Waals surface area contributed by atoms with E-state index in [1.54, 1.807) is 11.2 Å². The summed E-state index contributed by atoms with van der Waals surface area (Å²) < 4.78 is 5.30. The van der Waals surface area contributed by atoms with Crippen LogP contribution < -0.4 is 10.2 Å². The number of amides is 1. The van der Waals surface area contributed by atoms with Gasteiger partial charge in [0.25, 0.3) is 0 Å². The van der Waals surface area contributed by atoms with E-state index >= 15 is 0 Å². The number of nitrogens with zero attached hydrogens (tertiary/aromatic N) is 1. The van der Waals surface area contributed by atoms with Crippen molar-refractivity contribution in [1.82, 2.24) is 5.32 Å². The largest absolute Gasteiger partial charge is 0.448 e. The molecule has 1 aromatic heterocycles. The topological polar surface area (TPSA) is 45.5 Å². The summed E-state index contributed by atoms with van der Waals surface area (Å²) in [4.78, 5) is 14.0. The zero-order valence-corrected chi connectivity index (χ0v) is 9.77. The monoisotopic (exact) mass is 222 g/mol. The second-order valence-electron chi connectivity index (χ2n) is 4.41. The molecule has 1 aromatic rings. The number of hydrogen-bond donors (Lipinski definition) is 1. The molecule has 4 heteroatoms. The van der Waals surface area contributed by atoms with Crippen molar-refractivity contribution in [1.29, 1.82) is 0 Å². The van der Waals surface area contributed by atoms with Gasteiger partial charge in [0, 0.05) is 12.6 Å². The zero-order chi connectivity index (χ0) is 11.5. The van der Waals surface area contributed by atoms with Crippen LogP contribution in [-0.2, 0) is 4.79 Å². The molecule has 1 fully saturated rings. The van der Waals surface area contributed by atoms with Gasteiger partial charge < -0.3 is 9.73 Å². The highest BCUT2D eigenvalue weighted by atomic mass is 16.3. The van der Waals surface area contributed by atoms with E-state index in [-0.39, 0.29) is 11.9 Å². The van der Waals surface area contributed by atoms with Gasteiger partial charge in [0.2, 0.25) is 11.8 Å². The van der Waals surface area contributed by atoms with Crippen molar-refractivity contribution in [3.63, 3.8) is 0 Å². The van der Waals surface area contributed by atoms with Crippen LogP contribution in [0.15, 0.2) is 22.8 Å². The van der Waals surface area contributed by atoms with Crippen molar-refractivity contribution in [2.45, 2.75) is 25.8 Å². The van der Waals surface area contributed by atoms with Gasteiger partial charge >= 0.3 is 0 Å². The Morgan fingerprint density at radius 3 is 3.00 bits per heavy atom. The van der Waals surface area contributed by atoms with Crippen LogP contribution in [0.1, 0.15) is 19.8 Å². The molecule has 1 saturated heterocycles. The molecule has 0 spiro atoms. The predicted molar refractivity (Wildman–Crippen MR) is 62.3 cm³/mol. The average molecular weight is 222 g/mol. The summed E-state index contributed by atoms with van der Waals surface area (Å²) in [5.41, 5.74) is 0. The molecule has 16 heavy (non-hydrogen) atoms. The van der Waals surface area contributed by atoms with Crippen molar-refractivity contribution in [3.8, 4) is 0 Å². The number of nitrogens with one attached hydrogen (secondary N) is 1. The minimum Gasteiger partial charge on any atom is -0.448 e. The number of furan rings is 1. The molecule has 1 aliphatic rings. The van der Waals surface area contributed by atoms with Crippen molar-refractivity contribution in [2.75, 3.05) is 18.5 Å². The lowest BCUT2D eigenvalue weighted by Gasteiger charge is -2.21. The highest BCUT2D eigenvalue weighted by Gasteiger charge is 2.30. The maximum absolute atomic E-state index is 12.2. The zero-order valence-electron chi connectivity index (χ0n) is 9.77. The highest BCUT2D eigenvalue weighted by molar-refractivity contribution is 5.96. The first kappa shape index (κ1) is 11.2. The summed E-state index contributed by atoms with van der Waals surface area (Å²) >= 11 is 0. The lowest BCUT2D eigenvalue weighted by Crippen LogP contribution is -2.44. The number of hydrogen-bond acceptors (Lipinski definition) is 3. The van der Waals surface area contributed by atoms with Gasteiger partial charge in [-0.15, -0.1) is 0 Å². The fourth-order valence-corrected chi connectivity index (χ4v) is 2.15. The van der Waals surface area contributed by atoms with E-state index in [0.29, 0.717) is 11.8 Å². The minimum atomic E-state index is -0.0948. The Bertz CT molecular complexity index is 348. The third kappa shape index (κ3) is 2.11. The van der Waals surface area contributed by atoms with Crippen LogP contribution >= 0.6 is 0 Å². The lowest BCUT2D eigenvalue weighted by atomic mass is 10.0. The Labute approximate surface area is 95.6 Å². The molecule has 0 aliphatic carbocycles. The predicted octanol–water partition coefficient (Wildman–Crippen LogP) is 1.63. The number of carbonyl (C=O) groups is 1. The summed E-state index contributed by atoms with van der Waals surface area (Å²) in [7, 11) is 1.83. The Kier molecular flexibility index (Phi) is 3.29. The molecular weight excluding hydrogens is 204 g/mol. The summed E-state index contributed by atoms with van der Waals surface area (Å²) in [5, 5.41) is 3.08. The molecule has 4 nitrogen and oxygen atoms in total. The Hall–Kier alpha value is -1.29. The van der Waals surface area contributed by atoms with Crippen LogP contribution in [0.2, 0.25) is 0 Å². The molecule has 0 aromatic carbocycles. The van der Waals surface area contributed by atoms with Gasteiger partial charge in [-0.25, -0.2) is 0 Å². The smallest absolute Gasteiger partial charge is 0.246 e. The third-order valence-electron chi connectivity index (χ3n) is 3.17. The van der Waals surface area contributed by atoms with E-state index in [1.807, 2.05) is 19.2 Å². The summed E-state index contributed by atoms with van der Waals surface area (Å²) in [6, 6.07) is 3.55. The van der Waals surface area contributed by atoms with Gasteiger partial charge in [0.1, 0.15) is 0 Å². The van der Waals surface area contributed by atoms with Gasteiger partial charge in [-0.1, -0.05) is 6.92 Å². The quantitative estimate of drug-likeness (QED) is 0.827. The second kappa shape index (κ2) is 4.70. The number of likely N-dealkylation sites (N-methyl/N-ethyl adjacent to an activating group) is 1. The number of anilines is 1. The molecule has 0 bridgehead atoms. The lowest BCUT2D eigenvalue weighted by molar-refractivity contribution is -0.120. The molecule has 1 N–H and O–H groups in total. The Morgan fingerprint density at radius 2 is 2.38 bits per heavy atom. The first-order valence-corrected chi connectivity index (χ1v) is 5.74. The molecular formula is C12H18N2O2. The first-order valence-electron chi connectivity index (χ1n) is 5.74. The molecule has 0 saturated carbocycles. The second-order valence-corrected chi connectivity index (χ2v) is 4.41. The van der Waals surface area contributed by atoms with Gasteiger partial charge in [-0.3, -0.25) is 9.69 Å². The van der Waals surface area contributed by atoms with Crippen LogP contribution in [0.3, 0.4) is 0 Å². The van der Waals surface area contributed by atoms with E-state index in [2.05, 4.69) is 12.2 Å². The summed E-state index contributed by atoms with van der Waals surface area (Å²) in [6.07, 6.45) is 3.52. The fraction of sp³-hybridized carbons (Fsp3) is 0.583. The van der Waals surface area contributed by atoms with Gasteiger partial charge in [-0.2, -0.15) is 0 Å². The van der Waals surface area contributed by atoms with E-state index in [4.69, 9.17) is 4.42 Å². The summed E-state index contributed by atoms with van der Waals surface area (Å²) in [6.45, 7) is 2.93. The van der Waals surface area contributed by atoms with Gasteiger partial charge in [0.15, 0.2) is 0 Å². The van der Waals surface area contributed by atoms with Crippen molar-refractivity contribution < 1.29 is 9.21 Å². The summed E-state index contributed by atoms with van der Waals surface area (Å²) in [5.74, 6) is 1.32. The molecule has 2 rings (SSSR count).